The summed E-state index contributed by atoms with van der Waals surface area (Å²) in [5.41, 5.74) is 3.13. The van der Waals surface area contributed by atoms with Crippen LogP contribution in [-0.2, 0) is 27.3 Å². The number of nitrogens with one attached hydrogen (secondary N) is 1. The van der Waals surface area contributed by atoms with Crippen LogP contribution in [0.5, 0.6) is 0 Å². The first-order chi connectivity index (χ1) is 15.0. The number of thiocarbonyl (C=S) groups is 1. The summed E-state index contributed by atoms with van der Waals surface area (Å²) in [5, 5.41) is 4.04. The number of thioether (sulfide) groups is 1. The zero-order chi connectivity index (χ0) is 22.0. The minimum Gasteiger partial charge on any atom is -0.376 e. The lowest BCUT2D eigenvalue weighted by Gasteiger charge is -2.12. The van der Waals surface area contributed by atoms with Gasteiger partial charge in [-0.2, -0.15) is 0 Å². The molecule has 0 unspecified atom stereocenters. The molecule has 0 aliphatic carbocycles. The second kappa shape index (κ2) is 9.54. The molecule has 0 radical (unpaired) electrons. The van der Waals surface area contributed by atoms with Crippen molar-refractivity contribution in [1.29, 1.82) is 0 Å². The molecule has 2 saturated heterocycles. The van der Waals surface area contributed by atoms with Gasteiger partial charge < -0.3 is 14.6 Å². The van der Waals surface area contributed by atoms with Crippen molar-refractivity contribution < 1.29 is 14.3 Å². The maximum atomic E-state index is 12.7. The second-order valence-corrected chi connectivity index (χ2v) is 9.42. The predicted octanol–water partition coefficient (Wildman–Crippen LogP) is 3.72. The number of likely N-dealkylation sites (N-methyl/N-ethyl adjacent to an activating group) is 1. The Morgan fingerprint density at radius 2 is 2.23 bits per heavy atom. The van der Waals surface area contributed by atoms with E-state index in [1.54, 1.807) is 4.90 Å². The summed E-state index contributed by atoms with van der Waals surface area (Å²) in [5.74, 6) is -0.0958. The maximum absolute atomic E-state index is 12.7. The van der Waals surface area contributed by atoms with E-state index in [0.717, 1.165) is 42.3 Å². The maximum Gasteiger partial charge on any atom is 0.266 e. The summed E-state index contributed by atoms with van der Waals surface area (Å²) in [6.07, 6.45) is 6.89. The molecule has 8 heteroatoms. The average Bonchev–Trinajstić information content (AvgIpc) is 3.46. The predicted molar refractivity (Wildman–Crippen MR) is 129 cm³/mol. The molecule has 2 aromatic rings. The summed E-state index contributed by atoms with van der Waals surface area (Å²) < 4.78 is 8.18. The van der Waals surface area contributed by atoms with Crippen molar-refractivity contribution >= 4 is 57.1 Å². The summed E-state index contributed by atoms with van der Waals surface area (Å²) >= 11 is 6.67. The van der Waals surface area contributed by atoms with Gasteiger partial charge in [-0.25, -0.2) is 0 Å². The van der Waals surface area contributed by atoms with Crippen LogP contribution in [0.3, 0.4) is 0 Å². The molecule has 1 atom stereocenters. The first-order valence-electron chi connectivity index (χ1n) is 10.8. The Morgan fingerprint density at radius 1 is 1.39 bits per heavy atom. The Morgan fingerprint density at radius 3 is 2.90 bits per heavy atom. The van der Waals surface area contributed by atoms with Crippen molar-refractivity contribution in [2.24, 2.45) is 0 Å². The van der Waals surface area contributed by atoms with Gasteiger partial charge in [0.05, 0.1) is 16.5 Å². The van der Waals surface area contributed by atoms with Crippen LogP contribution in [0.15, 0.2) is 29.3 Å². The largest absolute Gasteiger partial charge is 0.376 e. The summed E-state index contributed by atoms with van der Waals surface area (Å²) in [4.78, 5) is 27.6. The number of rotatable bonds is 7. The van der Waals surface area contributed by atoms with Crippen molar-refractivity contribution in [2.75, 3.05) is 19.7 Å². The standard InChI is InChI=1S/C23H27N3O3S2/c1-3-15-7-5-9-18-16(11-19-22(28)26(4-2)23(30)31-19)13-25(21(15)18)14-20(27)24-12-17-8-6-10-29-17/h5,7,9,11,13,17H,3-4,6,8,10,12,14H2,1-2H3,(H,24,27)/b19-11-/t17-/m0/s1. The minimum atomic E-state index is -0.0562. The average molecular weight is 458 g/mol. The fourth-order valence-electron chi connectivity index (χ4n) is 4.15. The second-order valence-electron chi connectivity index (χ2n) is 7.74. The van der Waals surface area contributed by atoms with Crippen molar-refractivity contribution in [3.63, 3.8) is 0 Å². The smallest absolute Gasteiger partial charge is 0.266 e. The molecule has 3 heterocycles. The molecule has 1 aromatic carbocycles. The monoisotopic (exact) mass is 457 g/mol. The lowest BCUT2D eigenvalue weighted by atomic mass is 10.1. The first-order valence-corrected chi connectivity index (χ1v) is 12.0. The van der Waals surface area contributed by atoms with Gasteiger partial charge in [0.1, 0.15) is 10.9 Å². The zero-order valence-corrected chi connectivity index (χ0v) is 19.5. The van der Waals surface area contributed by atoms with Crippen LogP contribution in [0.25, 0.3) is 17.0 Å². The van der Waals surface area contributed by atoms with E-state index in [4.69, 9.17) is 17.0 Å². The molecule has 6 nitrogen and oxygen atoms in total. The van der Waals surface area contributed by atoms with Crippen molar-refractivity contribution in [3.05, 3.63) is 40.4 Å². The molecule has 31 heavy (non-hydrogen) atoms. The van der Waals surface area contributed by atoms with Crippen LogP contribution >= 0.6 is 24.0 Å². The van der Waals surface area contributed by atoms with E-state index in [9.17, 15) is 9.59 Å². The lowest BCUT2D eigenvalue weighted by Crippen LogP contribution is -2.34. The van der Waals surface area contributed by atoms with Crippen molar-refractivity contribution in [2.45, 2.75) is 45.8 Å². The number of para-hydroxylation sites is 1. The molecule has 2 aliphatic heterocycles. The van der Waals surface area contributed by atoms with Crippen LogP contribution in [0, 0.1) is 0 Å². The number of hydrogen-bond donors (Lipinski definition) is 1. The van der Waals surface area contributed by atoms with Crippen molar-refractivity contribution in [3.8, 4) is 0 Å². The number of benzene rings is 1. The van der Waals surface area contributed by atoms with E-state index in [0.29, 0.717) is 22.3 Å². The number of carbonyl (C=O) groups is 2. The van der Waals surface area contributed by atoms with Crippen LogP contribution in [-0.4, -0.2) is 51.4 Å². The third-order valence-corrected chi connectivity index (χ3v) is 7.11. The molecule has 2 amide bonds. The SMILES string of the molecule is CCc1cccc2c(/C=C3\SC(=S)N(CC)C3=O)cn(CC(=O)NC[C@@H]3CCCO3)c12. The lowest BCUT2D eigenvalue weighted by molar-refractivity contribution is -0.122. The highest BCUT2D eigenvalue weighted by Crippen LogP contribution is 2.35. The van der Waals surface area contributed by atoms with Crippen molar-refractivity contribution in [1.82, 2.24) is 14.8 Å². The Labute approximate surface area is 192 Å². The summed E-state index contributed by atoms with van der Waals surface area (Å²) in [6, 6.07) is 6.16. The van der Waals surface area contributed by atoms with Gasteiger partial charge >= 0.3 is 0 Å². The van der Waals surface area contributed by atoms with Crippen LogP contribution in [0.1, 0.15) is 37.8 Å². The highest BCUT2D eigenvalue weighted by Gasteiger charge is 2.31. The highest BCUT2D eigenvalue weighted by molar-refractivity contribution is 8.26. The highest BCUT2D eigenvalue weighted by atomic mass is 32.2. The van der Waals surface area contributed by atoms with E-state index in [2.05, 4.69) is 18.3 Å². The number of ether oxygens (including phenoxy) is 1. The Balaban J connectivity index is 1.63. The molecule has 4 rings (SSSR count). The molecule has 1 aromatic heterocycles. The third-order valence-electron chi connectivity index (χ3n) is 5.73. The Kier molecular flexibility index (Phi) is 6.79. The molecule has 0 bridgehead atoms. The van der Waals surface area contributed by atoms with Gasteiger partial charge in [-0.05, 0) is 37.8 Å². The molecule has 0 spiro atoms. The molecular formula is C23H27N3O3S2. The topological polar surface area (TPSA) is 63.6 Å². The molecular weight excluding hydrogens is 430 g/mol. The number of carbonyl (C=O) groups excluding carboxylic acids is 2. The molecule has 1 N–H and O–H groups in total. The molecule has 0 saturated carbocycles. The number of fused-ring (bicyclic) bond motifs is 1. The Bertz CT molecular complexity index is 1050. The molecule has 164 valence electrons. The van der Waals surface area contributed by atoms with Crippen LogP contribution in [0.4, 0.5) is 0 Å². The normalized spacial score (nSPS) is 20.4. The van der Waals surface area contributed by atoms with Gasteiger partial charge in [0.15, 0.2) is 0 Å². The zero-order valence-electron chi connectivity index (χ0n) is 17.8. The van der Waals surface area contributed by atoms with Gasteiger partial charge in [-0.15, -0.1) is 0 Å². The third kappa shape index (κ3) is 4.56. The minimum absolute atomic E-state index is 0.0397. The number of aromatic nitrogens is 1. The van der Waals surface area contributed by atoms with Gasteiger partial charge in [0.2, 0.25) is 5.91 Å². The molecule has 2 fully saturated rings. The summed E-state index contributed by atoms with van der Waals surface area (Å²) in [7, 11) is 0. The quantitative estimate of drug-likeness (QED) is 0.507. The summed E-state index contributed by atoms with van der Waals surface area (Å²) in [6.45, 7) is 6.14. The number of amides is 2. The van der Waals surface area contributed by atoms with Gasteiger partial charge in [-0.1, -0.05) is 49.1 Å². The van der Waals surface area contributed by atoms with Crippen LogP contribution < -0.4 is 5.32 Å². The van der Waals surface area contributed by atoms with Gasteiger partial charge in [0.25, 0.3) is 5.91 Å². The van der Waals surface area contributed by atoms with Crippen LogP contribution in [0.2, 0.25) is 0 Å². The van der Waals surface area contributed by atoms with E-state index >= 15 is 0 Å². The number of hydrogen-bond acceptors (Lipinski definition) is 5. The van der Waals surface area contributed by atoms with E-state index in [-0.39, 0.29) is 24.5 Å². The number of nitrogens with zero attached hydrogens (tertiary/aromatic N) is 2. The fourth-order valence-corrected chi connectivity index (χ4v) is 5.52. The van der Waals surface area contributed by atoms with E-state index in [1.807, 2.05) is 35.9 Å². The van der Waals surface area contributed by atoms with E-state index in [1.165, 1.54) is 17.3 Å². The number of aryl methyl sites for hydroxylation is 1. The Hall–Kier alpha value is -2.16. The van der Waals surface area contributed by atoms with E-state index < -0.39 is 0 Å². The first kappa shape index (κ1) is 22.0. The van der Waals surface area contributed by atoms with Gasteiger partial charge in [-0.3, -0.25) is 14.5 Å². The van der Waals surface area contributed by atoms with Gasteiger partial charge in [0, 0.05) is 36.8 Å². The fraction of sp³-hybridized carbons (Fsp3) is 0.435. The molecule has 2 aliphatic rings.